The molecule has 0 saturated carbocycles. The lowest BCUT2D eigenvalue weighted by atomic mass is 10.2. The van der Waals surface area contributed by atoms with E-state index in [0.29, 0.717) is 39.9 Å². The Morgan fingerprint density at radius 2 is 1.18 bits per heavy atom. The summed E-state index contributed by atoms with van der Waals surface area (Å²) in [5.74, 6) is 1.84. The van der Waals surface area contributed by atoms with Crippen LogP contribution in [0.3, 0.4) is 0 Å². The van der Waals surface area contributed by atoms with Crippen LogP contribution in [0.2, 0.25) is 0 Å². The van der Waals surface area contributed by atoms with Crippen LogP contribution in [0.15, 0.2) is 70.9 Å². The molecule has 0 saturated heterocycles. The molecule has 0 spiro atoms. The van der Waals surface area contributed by atoms with Crippen molar-refractivity contribution >= 4 is 24.2 Å². The molecule has 11 nitrogen and oxygen atoms in total. The Morgan fingerprint density at radius 1 is 0.684 bits per heavy atom. The first-order chi connectivity index (χ1) is 18.5. The fraction of sp³-hybridized carbons (Fsp3) is 0.185. The topological polar surface area (TPSA) is 129 Å². The van der Waals surface area contributed by atoms with Gasteiger partial charge in [-0.2, -0.15) is 10.2 Å². The van der Waals surface area contributed by atoms with Crippen LogP contribution >= 0.6 is 0 Å². The normalized spacial score (nSPS) is 10.7. The van der Waals surface area contributed by atoms with E-state index in [1.165, 1.54) is 26.6 Å². The fourth-order valence-electron chi connectivity index (χ4n) is 3.16. The van der Waals surface area contributed by atoms with Gasteiger partial charge < -0.3 is 23.7 Å². The van der Waals surface area contributed by atoms with Gasteiger partial charge in [0.2, 0.25) is 0 Å². The van der Waals surface area contributed by atoms with Gasteiger partial charge in [-0.05, 0) is 71.8 Å². The maximum absolute atomic E-state index is 12.3. The van der Waals surface area contributed by atoms with E-state index in [2.05, 4.69) is 21.1 Å². The third-order valence-corrected chi connectivity index (χ3v) is 5.08. The van der Waals surface area contributed by atoms with Gasteiger partial charge in [-0.1, -0.05) is 0 Å². The van der Waals surface area contributed by atoms with Crippen molar-refractivity contribution in [1.29, 1.82) is 0 Å². The molecule has 3 aromatic carbocycles. The standard InChI is InChI=1S/C27H28N4O7/c1-34-22-11-5-18(13-24(22)36-3)15-28-30-26(32)17-38-21-9-7-20(8-10-21)27(33)31-29-16-19-6-12-23(35-2)25(14-19)37-4/h5-16H,17H2,1-4H3,(H,30,32)(H,31,33). The molecular weight excluding hydrogens is 492 g/mol. The highest BCUT2D eigenvalue weighted by molar-refractivity contribution is 5.95. The SMILES string of the molecule is COc1ccc(C=NNC(=O)COc2ccc(C(=O)NN=Cc3ccc(OC)c(OC)c3)cc2)cc1OC. The summed E-state index contributed by atoms with van der Waals surface area (Å²) in [4.78, 5) is 24.4. The van der Waals surface area contributed by atoms with Gasteiger partial charge in [-0.25, -0.2) is 10.9 Å². The fourth-order valence-corrected chi connectivity index (χ4v) is 3.16. The van der Waals surface area contributed by atoms with Gasteiger partial charge in [0, 0.05) is 5.56 Å². The lowest BCUT2D eigenvalue weighted by Crippen LogP contribution is -2.24. The second kappa shape index (κ2) is 13.9. The average Bonchev–Trinajstić information content (AvgIpc) is 2.96. The molecule has 0 radical (unpaired) electrons. The number of hydrogen-bond acceptors (Lipinski definition) is 9. The molecule has 3 aromatic rings. The van der Waals surface area contributed by atoms with Gasteiger partial charge in [0.1, 0.15) is 5.75 Å². The largest absolute Gasteiger partial charge is 0.493 e. The van der Waals surface area contributed by atoms with E-state index in [1.807, 2.05) is 0 Å². The van der Waals surface area contributed by atoms with E-state index in [0.717, 1.165) is 5.56 Å². The predicted molar refractivity (Wildman–Crippen MR) is 142 cm³/mol. The van der Waals surface area contributed by atoms with Crippen molar-refractivity contribution in [2.45, 2.75) is 0 Å². The van der Waals surface area contributed by atoms with Gasteiger partial charge in [-0.15, -0.1) is 0 Å². The van der Waals surface area contributed by atoms with Gasteiger partial charge in [0.15, 0.2) is 29.6 Å². The molecule has 11 heteroatoms. The van der Waals surface area contributed by atoms with E-state index >= 15 is 0 Å². The number of amides is 2. The molecule has 0 aliphatic heterocycles. The second-order valence-electron chi connectivity index (χ2n) is 7.53. The highest BCUT2D eigenvalue weighted by Crippen LogP contribution is 2.27. The third-order valence-electron chi connectivity index (χ3n) is 5.08. The lowest BCUT2D eigenvalue weighted by molar-refractivity contribution is -0.123. The Hall–Kier alpha value is -5.06. The zero-order valence-corrected chi connectivity index (χ0v) is 21.4. The summed E-state index contributed by atoms with van der Waals surface area (Å²) in [6.07, 6.45) is 2.96. The number of carbonyl (C=O) groups is 2. The van der Waals surface area contributed by atoms with Crippen LogP contribution in [-0.2, 0) is 4.79 Å². The number of nitrogens with zero attached hydrogens (tertiary/aromatic N) is 2. The van der Waals surface area contributed by atoms with Crippen molar-refractivity contribution in [3.8, 4) is 28.7 Å². The summed E-state index contributed by atoms with van der Waals surface area (Å²) in [6.45, 7) is -0.259. The predicted octanol–water partition coefficient (Wildman–Crippen LogP) is 3.01. The van der Waals surface area contributed by atoms with Gasteiger partial charge in [-0.3, -0.25) is 9.59 Å². The van der Waals surface area contributed by atoms with Crippen LogP contribution in [0.1, 0.15) is 21.5 Å². The summed E-state index contributed by atoms with van der Waals surface area (Å²) < 4.78 is 26.3. The second-order valence-corrected chi connectivity index (χ2v) is 7.53. The van der Waals surface area contributed by atoms with Crippen LogP contribution < -0.4 is 34.5 Å². The van der Waals surface area contributed by atoms with Crippen molar-refractivity contribution in [3.63, 3.8) is 0 Å². The van der Waals surface area contributed by atoms with E-state index < -0.39 is 11.8 Å². The molecular formula is C27H28N4O7. The zero-order valence-electron chi connectivity index (χ0n) is 21.4. The van der Waals surface area contributed by atoms with Crippen molar-refractivity contribution in [1.82, 2.24) is 10.9 Å². The summed E-state index contributed by atoms with van der Waals surface area (Å²) in [5.41, 5.74) is 6.64. The minimum absolute atomic E-state index is 0.259. The monoisotopic (exact) mass is 520 g/mol. The number of hydrogen-bond donors (Lipinski definition) is 2. The Morgan fingerprint density at radius 3 is 1.68 bits per heavy atom. The molecule has 0 unspecified atom stereocenters. The van der Waals surface area contributed by atoms with Gasteiger partial charge >= 0.3 is 0 Å². The van der Waals surface area contributed by atoms with Crippen LogP contribution in [0.25, 0.3) is 0 Å². The Labute approximate surface area is 220 Å². The maximum Gasteiger partial charge on any atom is 0.277 e. The summed E-state index contributed by atoms with van der Waals surface area (Å²) in [7, 11) is 6.17. The van der Waals surface area contributed by atoms with Crippen molar-refractivity contribution in [2.75, 3.05) is 35.0 Å². The molecule has 0 fully saturated rings. The minimum atomic E-state index is -0.451. The first-order valence-corrected chi connectivity index (χ1v) is 11.3. The quantitative estimate of drug-likeness (QED) is 0.277. The third kappa shape index (κ3) is 7.72. The molecule has 3 rings (SSSR count). The van der Waals surface area contributed by atoms with Crippen molar-refractivity contribution in [2.24, 2.45) is 10.2 Å². The van der Waals surface area contributed by atoms with E-state index in [-0.39, 0.29) is 6.61 Å². The van der Waals surface area contributed by atoms with Crippen molar-refractivity contribution < 1.29 is 33.3 Å². The van der Waals surface area contributed by atoms with E-state index in [4.69, 9.17) is 23.7 Å². The highest BCUT2D eigenvalue weighted by Gasteiger charge is 2.07. The molecule has 0 aliphatic carbocycles. The number of ether oxygens (including phenoxy) is 5. The number of carbonyl (C=O) groups excluding carboxylic acids is 2. The molecule has 0 heterocycles. The Balaban J connectivity index is 1.45. The van der Waals surface area contributed by atoms with E-state index in [1.54, 1.807) is 74.9 Å². The smallest absolute Gasteiger partial charge is 0.277 e. The molecule has 198 valence electrons. The number of methoxy groups -OCH3 is 4. The van der Waals surface area contributed by atoms with Gasteiger partial charge in [0.05, 0.1) is 40.9 Å². The Bertz CT molecular complexity index is 1310. The molecule has 2 amide bonds. The first-order valence-electron chi connectivity index (χ1n) is 11.3. The minimum Gasteiger partial charge on any atom is -0.493 e. The van der Waals surface area contributed by atoms with Gasteiger partial charge in [0.25, 0.3) is 11.8 Å². The summed E-state index contributed by atoms with van der Waals surface area (Å²) in [5, 5.41) is 7.88. The van der Waals surface area contributed by atoms with Crippen LogP contribution in [0, 0.1) is 0 Å². The average molecular weight is 521 g/mol. The molecule has 2 N–H and O–H groups in total. The molecule has 38 heavy (non-hydrogen) atoms. The molecule has 0 aromatic heterocycles. The number of hydrazone groups is 2. The Kier molecular flexibility index (Phi) is 10.1. The number of rotatable bonds is 12. The van der Waals surface area contributed by atoms with E-state index in [9.17, 15) is 9.59 Å². The maximum atomic E-state index is 12.3. The number of benzene rings is 3. The van der Waals surface area contributed by atoms with Crippen LogP contribution in [-0.4, -0.2) is 59.3 Å². The zero-order chi connectivity index (χ0) is 27.3. The van der Waals surface area contributed by atoms with Crippen molar-refractivity contribution in [3.05, 3.63) is 77.4 Å². The van der Waals surface area contributed by atoms with Crippen LogP contribution in [0.5, 0.6) is 28.7 Å². The summed E-state index contributed by atoms with van der Waals surface area (Å²) in [6, 6.07) is 16.8. The molecule has 0 bridgehead atoms. The number of nitrogens with one attached hydrogen (secondary N) is 2. The van der Waals surface area contributed by atoms with Crippen LogP contribution in [0.4, 0.5) is 0 Å². The summed E-state index contributed by atoms with van der Waals surface area (Å²) >= 11 is 0. The molecule has 0 atom stereocenters. The highest BCUT2D eigenvalue weighted by atomic mass is 16.5. The lowest BCUT2D eigenvalue weighted by Gasteiger charge is -2.08. The first kappa shape index (κ1) is 27.5. The molecule has 0 aliphatic rings.